The Bertz CT molecular complexity index is 355. The van der Waals surface area contributed by atoms with E-state index in [1.807, 2.05) is 0 Å². The maximum atomic E-state index is 13.0. The maximum absolute atomic E-state index is 13.0. The van der Waals surface area contributed by atoms with Crippen molar-refractivity contribution < 1.29 is 13.9 Å². The zero-order valence-electron chi connectivity index (χ0n) is 8.63. The van der Waals surface area contributed by atoms with E-state index in [0.717, 1.165) is 0 Å². The number of hydrogen-bond donors (Lipinski definition) is 2. The number of rotatable bonds is 4. The molecule has 0 heterocycles. The van der Waals surface area contributed by atoms with Crippen molar-refractivity contribution in [3.63, 3.8) is 0 Å². The van der Waals surface area contributed by atoms with Crippen LogP contribution in [0.5, 0.6) is 5.75 Å². The molecule has 0 bridgehead atoms. The molecule has 5 heteroatoms. The van der Waals surface area contributed by atoms with Crippen LogP contribution in [0.2, 0.25) is 0 Å². The second-order valence-electron chi connectivity index (χ2n) is 2.93. The molecule has 0 saturated heterocycles. The van der Waals surface area contributed by atoms with Crippen molar-refractivity contribution in [3.05, 3.63) is 24.0 Å². The Morgan fingerprint density at radius 3 is 2.87 bits per heavy atom. The number of methoxy groups -OCH3 is 1. The monoisotopic (exact) mass is 212 g/mol. The Kier molecular flexibility index (Phi) is 4.05. The summed E-state index contributed by atoms with van der Waals surface area (Å²) in [6.45, 7) is 0.208. The summed E-state index contributed by atoms with van der Waals surface area (Å²) < 4.78 is 17.8. The molecule has 0 aromatic heterocycles. The van der Waals surface area contributed by atoms with Gasteiger partial charge in [-0.15, -0.1) is 0 Å². The van der Waals surface area contributed by atoms with Gasteiger partial charge >= 0.3 is 0 Å². The van der Waals surface area contributed by atoms with Gasteiger partial charge in [0.15, 0.2) is 11.6 Å². The molecule has 0 spiro atoms. The summed E-state index contributed by atoms with van der Waals surface area (Å²) >= 11 is 0. The van der Waals surface area contributed by atoms with Gasteiger partial charge in [-0.05, 0) is 19.2 Å². The molecule has 1 aromatic carbocycles. The Labute approximate surface area is 87.4 Å². The van der Waals surface area contributed by atoms with Crippen LogP contribution in [0.15, 0.2) is 18.2 Å². The average molecular weight is 212 g/mol. The molecule has 0 fully saturated rings. The fourth-order valence-electron chi connectivity index (χ4n) is 1.10. The minimum atomic E-state index is -0.455. The summed E-state index contributed by atoms with van der Waals surface area (Å²) in [7, 11) is 3.04. The van der Waals surface area contributed by atoms with E-state index in [1.165, 1.54) is 25.3 Å². The van der Waals surface area contributed by atoms with Crippen LogP contribution in [0.25, 0.3) is 0 Å². The summed E-state index contributed by atoms with van der Waals surface area (Å²) in [5.74, 6) is -0.535. The smallest absolute Gasteiger partial charge is 0.238 e. The Hall–Kier alpha value is -1.62. The topological polar surface area (TPSA) is 50.4 Å². The van der Waals surface area contributed by atoms with Crippen molar-refractivity contribution in [1.29, 1.82) is 0 Å². The minimum absolute atomic E-state index is 0.109. The number of nitrogens with one attached hydrogen (secondary N) is 2. The van der Waals surface area contributed by atoms with Crippen molar-refractivity contribution in [1.82, 2.24) is 5.32 Å². The van der Waals surface area contributed by atoms with Gasteiger partial charge in [-0.2, -0.15) is 0 Å². The zero-order chi connectivity index (χ0) is 11.3. The summed E-state index contributed by atoms with van der Waals surface area (Å²) in [4.78, 5) is 11.2. The highest BCUT2D eigenvalue weighted by Gasteiger charge is 2.05. The zero-order valence-corrected chi connectivity index (χ0v) is 8.63. The van der Waals surface area contributed by atoms with E-state index in [2.05, 4.69) is 10.6 Å². The van der Waals surface area contributed by atoms with Gasteiger partial charge in [0.2, 0.25) is 5.91 Å². The first-order valence-corrected chi connectivity index (χ1v) is 4.45. The number of anilines is 1. The van der Waals surface area contributed by atoms with Gasteiger partial charge in [-0.1, -0.05) is 0 Å². The van der Waals surface area contributed by atoms with Crippen LogP contribution in [0.3, 0.4) is 0 Å². The molecule has 0 radical (unpaired) electrons. The standard InChI is InChI=1S/C10H13FN2O2/c1-12-6-10(14)13-7-3-4-8(11)9(5-7)15-2/h3-5,12H,6H2,1-2H3,(H,13,14). The van der Waals surface area contributed by atoms with Gasteiger partial charge < -0.3 is 15.4 Å². The Morgan fingerprint density at radius 1 is 1.53 bits per heavy atom. The second-order valence-corrected chi connectivity index (χ2v) is 2.93. The summed E-state index contributed by atoms with van der Waals surface area (Å²) in [6.07, 6.45) is 0. The summed E-state index contributed by atoms with van der Waals surface area (Å²) in [5, 5.41) is 5.31. The first kappa shape index (κ1) is 11.5. The highest BCUT2D eigenvalue weighted by molar-refractivity contribution is 5.92. The quantitative estimate of drug-likeness (QED) is 0.782. The fourth-order valence-corrected chi connectivity index (χ4v) is 1.10. The Balaban J connectivity index is 2.74. The molecule has 0 saturated carbocycles. The molecule has 4 nitrogen and oxygen atoms in total. The predicted octanol–water partition coefficient (Wildman–Crippen LogP) is 0.992. The predicted molar refractivity (Wildman–Crippen MR) is 55.5 cm³/mol. The SMILES string of the molecule is CNCC(=O)Nc1ccc(F)c(OC)c1. The molecule has 82 valence electrons. The number of ether oxygens (including phenoxy) is 1. The number of benzene rings is 1. The van der Waals surface area contributed by atoms with E-state index < -0.39 is 5.82 Å². The van der Waals surface area contributed by atoms with Gasteiger partial charge in [-0.3, -0.25) is 4.79 Å². The highest BCUT2D eigenvalue weighted by atomic mass is 19.1. The second kappa shape index (κ2) is 5.31. The molecular formula is C10H13FN2O2. The van der Waals surface area contributed by atoms with Crippen LogP contribution in [-0.2, 0) is 4.79 Å². The third kappa shape index (κ3) is 3.21. The maximum Gasteiger partial charge on any atom is 0.238 e. The Morgan fingerprint density at radius 2 is 2.27 bits per heavy atom. The largest absolute Gasteiger partial charge is 0.494 e. The number of likely N-dealkylation sites (N-methyl/N-ethyl adjacent to an activating group) is 1. The van der Waals surface area contributed by atoms with Crippen molar-refractivity contribution >= 4 is 11.6 Å². The molecular weight excluding hydrogens is 199 g/mol. The molecule has 0 atom stereocenters. The number of amides is 1. The lowest BCUT2D eigenvalue weighted by molar-refractivity contribution is -0.115. The third-order valence-corrected chi connectivity index (χ3v) is 1.77. The van der Waals surface area contributed by atoms with Gasteiger partial charge in [0.05, 0.1) is 13.7 Å². The van der Waals surface area contributed by atoms with Crippen molar-refractivity contribution in [3.8, 4) is 5.75 Å². The summed E-state index contributed by atoms with van der Waals surface area (Å²) in [5.41, 5.74) is 0.508. The molecule has 0 aliphatic carbocycles. The normalized spacial score (nSPS) is 9.80. The van der Waals surface area contributed by atoms with E-state index in [-0.39, 0.29) is 18.2 Å². The van der Waals surface area contributed by atoms with Crippen LogP contribution >= 0.6 is 0 Å². The van der Waals surface area contributed by atoms with Crippen molar-refractivity contribution in [2.75, 3.05) is 26.0 Å². The molecule has 0 unspecified atom stereocenters. The van der Waals surface area contributed by atoms with Crippen LogP contribution in [0.4, 0.5) is 10.1 Å². The number of halogens is 1. The van der Waals surface area contributed by atoms with Crippen LogP contribution in [0, 0.1) is 5.82 Å². The van der Waals surface area contributed by atoms with Crippen LogP contribution in [-0.4, -0.2) is 26.6 Å². The van der Waals surface area contributed by atoms with E-state index in [0.29, 0.717) is 5.69 Å². The molecule has 1 rings (SSSR count). The van der Waals surface area contributed by atoms with Gasteiger partial charge in [0, 0.05) is 11.8 Å². The van der Waals surface area contributed by atoms with Gasteiger partial charge in [0.25, 0.3) is 0 Å². The lowest BCUT2D eigenvalue weighted by atomic mass is 10.3. The molecule has 0 aliphatic rings. The van der Waals surface area contributed by atoms with Crippen LogP contribution < -0.4 is 15.4 Å². The first-order chi connectivity index (χ1) is 7.17. The lowest BCUT2D eigenvalue weighted by Gasteiger charge is -2.07. The molecule has 1 amide bonds. The van der Waals surface area contributed by atoms with Crippen LogP contribution in [0.1, 0.15) is 0 Å². The number of hydrogen-bond acceptors (Lipinski definition) is 3. The molecule has 15 heavy (non-hydrogen) atoms. The van der Waals surface area contributed by atoms with E-state index >= 15 is 0 Å². The van der Waals surface area contributed by atoms with Crippen molar-refractivity contribution in [2.24, 2.45) is 0 Å². The molecule has 1 aromatic rings. The average Bonchev–Trinajstić information content (AvgIpc) is 2.21. The van der Waals surface area contributed by atoms with Gasteiger partial charge in [-0.25, -0.2) is 4.39 Å². The lowest BCUT2D eigenvalue weighted by Crippen LogP contribution is -2.25. The first-order valence-electron chi connectivity index (χ1n) is 4.45. The summed E-state index contributed by atoms with van der Waals surface area (Å²) in [6, 6.07) is 4.15. The number of carbonyl (C=O) groups is 1. The van der Waals surface area contributed by atoms with E-state index in [4.69, 9.17) is 4.74 Å². The molecule has 2 N–H and O–H groups in total. The van der Waals surface area contributed by atoms with E-state index in [9.17, 15) is 9.18 Å². The molecule has 0 aliphatic heterocycles. The number of carbonyl (C=O) groups excluding carboxylic acids is 1. The van der Waals surface area contributed by atoms with E-state index in [1.54, 1.807) is 7.05 Å². The van der Waals surface area contributed by atoms with Crippen molar-refractivity contribution in [2.45, 2.75) is 0 Å². The van der Waals surface area contributed by atoms with Gasteiger partial charge in [0.1, 0.15) is 0 Å². The fraction of sp³-hybridized carbons (Fsp3) is 0.300. The third-order valence-electron chi connectivity index (χ3n) is 1.77. The highest BCUT2D eigenvalue weighted by Crippen LogP contribution is 2.21. The minimum Gasteiger partial charge on any atom is -0.494 e.